The summed E-state index contributed by atoms with van der Waals surface area (Å²) < 4.78 is 0. The quantitative estimate of drug-likeness (QED) is 0.866. The van der Waals surface area contributed by atoms with Crippen LogP contribution in [0.15, 0.2) is 42.5 Å². The Labute approximate surface area is 147 Å². The first-order valence-electron chi connectivity index (χ1n) is 8.46. The highest BCUT2D eigenvalue weighted by Gasteiger charge is 2.27. The number of aromatic nitrogens is 1. The van der Waals surface area contributed by atoms with Gasteiger partial charge in [0.25, 0.3) is 0 Å². The number of pyridine rings is 1. The van der Waals surface area contributed by atoms with Crippen LogP contribution in [0.1, 0.15) is 16.8 Å². The summed E-state index contributed by atoms with van der Waals surface area (Å²) in [6.07, 6.45) is 0.660. The molecule has 0 aliphatic carbocycles. The van der Waals surface area contributed by atoms with Crippen LogP contribution in [0.3, 0.4) is 0 Å². The molecule has 6 heteroatoms. The van der Waals surface area contributed by atoms with Crippen molar-refractivity contribution in [1.29, 1.82) is 0 Å². The number of aromatic carboxylic acids is 1. The zero-order valence-corrected chi connectivity index (χ0v) is 14.3. The molecule has 1 aliphatic rings. The molecule has 2 aromatic rings. The second-order valence-electron chi connectivity index (χ2n) is 6.33. The number of rotatable bonds is 5. The largest absolute Gasteiger partial charge is 0.478 e. The number of hydrogen-bond acceptors (Lipinski definition) is 5. The van der Waals surface area contributed by atoms with Gasteiger partial charge in [0.1, 0.15) is 11.4 Å². The highest BCUT2D eigenvalue weighted by atomic mass is 16.4. The van der Waals surface area contributed by atoms with Crippen LogP contribution < -0.4 is 4.90 Å². The third kappa shape index (κ3) is 3.81. The predicted octanol–water partition coefficient (Wildman–Crippen LogP) is 1.95. The average Bonchev–Trinajstić information content (AvgIpc) is 2.64. The van der Waals surface area contributed by atoms with Crippen molar-refractivity contribution in [3.63, 3.8) is 0 Å². The van der Waals surface area contributed by atoms with Crippen molar-refractivity contribution in [2.75, 3.05) is 38.2 Å². The zero-order chi connectivity index (χ0) is 17.8. The van der Waals surface area contributed by atoms with E-state index in [1.165, 1.54) is 0 Å². The topological polar surface area (TPSA) is 76.9 Å². The summed E-state index contributed by atoms with van der Waals surface area (Å²) in [5.74, 6) is -0.468. The van der Waals surface area contributed by atoms with Gasteiger partial charge in [-0.3, -0.25) is 4.90 Å². The normalized spacial score (nSPS) is 18.3. The molecular weight excluding hydrogens is 318 g/mol. The Bertz CT molecular complexity index is 736. The van der Waals surface area contributed by atoms with E-state index in [0.717, 1.165) is 17.8 Å². The van der Waals surface area contributed by atoms with Gasteiger partial charge < -0.3 is 15.1 Å². The summed E-state index contributed by atoms with van der Waals surface area (Å²) in [7, 11) is 2.03. The highest BCUT2D eigenvalue weighted by Crippen LogP contribution is 2.26. The number of piperazine rings is 1. The average molecular weight is 341 g/mol. The summed E-state index contributed by atoms with van der Waals surface area (Å²) in [5.41, 5.74) is 1.94. The lowest BCUT2D eigenvalue weighted by Gasteiger charge is -2.40. The Hall–Kier alpha value is -2.44. The number of aliphatic hydroxyl groups is 1. The minimum absolute atomic E-state index is 0.117. The smallest absolute Gasteiger partial charge is 0.339 e. The van der Waals surface area contributed by atoms with Gasteiger partial charge >= 0.3 is 5.97 Å². The lowest BCUT2D eigenvalue weighted by molar-refractivity contribution is 0.0696. The lowest BCUT2D eigenvalue weighted by atomic mass is 10.1. The van der Waals surface area contributed by atoms with E-state index >= 15 is 0 Å². The first-order valence-corrected chi connectivity index (χ1v) is 8.46. The van der Waals surface area contributed by atoms with Gasteiger partial charge in [-0.05, 0) is 25.6 Å². The Morgan fingerprint density at radius 2 is 1.96 bits per heavy atom. The van der Waals surface area contributed by atoms with Gasteiger partial charge in [0.15, 0.2) is 0 Å². The molecule has 1 saturated heterocycles. The molecule has 0 spiro atoms. The summed E-state index contributed by atoms with van der Waals surface area (Å²) in [4.78, 5) is 20.6. The van der Waals surface area contributed by atoms with E-state index in [2.05, 4.69) is 9.88 Å². The summed E-state index contributed by atoms with van der Waals surface area (Å²) in [5, 5.41) is 18.8. The Kier molecular flexibility index (Phi) is 5.31. The van der Waals surface area contributed by atoms with Crippen molar-refractivity contribution < 1.29 is 15.0 Å². The van der Waals surface area contributed by atoms with Crippen molar-refractivity contribution in [2.45, 2.75) is 12.5 Å². The van der Waals surface area contributed by atoms with Crippen LogP contribution in [0.25, 0.3) is 11.3 Å². The Morgan fingerprint density at radius 3 is 2.64 bits per heavy atom. The molecule has 2 heterocycles. The second kappa shape index (κ2) is 7.63. The number of carboxylic acid groups (broad SMARTS) is 1. The van der Waals surface area contributed by atoms with E-state index in [1.807, 2.05) is 42.3 Å². The van der Waals surface area contributed by atoms with Crippen molar-refractivity contribution in [3.05, 3.63) is 48.0 Å². The molecule has 6 nitrogen and oxygen atoms in total. The van der Waals surface area contributed by atoms with E-state index in [4.69, 9.17) is 0 Å². The fourth-order valence-electron chi connectivity index (χ4n) is 3.23. The van der Waals surface area contributed by atoms with Gasteiger partial charge in [-0.15, -0.1) is 0 Å². The molecule has 1 aromatic carbocycles. The van der Waals surface area contributed by atoms with Crippen LogP contribution in [0.2, 0.25) is 0 Å². The maximum Gasteiger partial charge on any atom is 0.339 e. The minimum atomic E-state index is -0.972. The van der Waals surface area contributed by atoms with Gasteiger partial charge in [-0.25, -0.2) is 9.78 Å². The van der Waals surface area contributed by atoms with Gasteiger partial charge in [-0.2, -0.15) is 0 Å². The van der Waals surface area contributed by atoms with E-state index in [9.17, 15) is 15.0 Å². The third-order valence-electron chi connectivity index (χ3n) is 4.71. The summed E-state index contributed by atoms with van der Waals surface area (Å²) in [6, 6.07) is 13.3. The molecule has 0 radical (unpaired) electrons. The molecule has 132 valence electrons. The van der Waals surface area contributed by atoms with E-state index in [1.54, 1.807) is 12.1 Å². The summed E-state index contributed by atoms with van der Waals surface area (Å²) >= 11 is 0. The van der Waals surface area contributed by atoms with E-state index in [0.29, 0.717) is 25.3 Å². The number of aliphatic hydroxyl groups excluding tert-OH is 1. The van der Waals surface area contributed by atoms with E-state index in [-0.39, 0.29) is 18.2 Å². The molecule has 1 aliphatic heterocycles. The fraction of sp³-hybridized carbons (Fsp3) is 0.368. The molecule has 0 saturated carbocycles. The fourth-order valence-corrected chi connectivity index (χ4v) is 3.23. The first kappa shape index (κ1) is 17.4. The molecule has 0 bridgehead atoms. The van der Waals surface area contributed by atoms with Crippen LogP contribution in [-0.4, -0.2) is 65.4 Å². The number of hydrogen-bond donors (Lipinski definition) is 2. The summed E-state index contributed by atoms with van der Waals surface area (Å²) in [6.45, 7) is 2.29. The highest BCUT2D eigenvalue weighted by molar-refractivity contribution is 5.94. The SMILES string of the molecule is CN1CCN(c2nc(-c3ccccc3)ccc2C(=O)O)C[C@@H]1CCO. The maximum absolute atomic E-state index is 11.7. The standard InChI is InChI=1S/C19H23N3O3/c1-21-10-11-22(13-15(21)9-12-23)18-16(19(24)25)7-8-17(20-18)14-5-3-2-4-6-14/h2-8,15,23H,9-13H2,1H3,(H,24,25)/t15-/m0/s1. The molecule has 3 rings (SSSR count). The van der Waals surface area contributed by atoms with Crippen LogP contribution in [-0.2, 0) is 0 Å². The number of benzene rings is 1. The number of anilines is 1. The van der Waals surface area contributed by atoms with Crippen molar-refractivity contribution in [1.82, 2.24) is 9.88 Å². The van der Waals surface area contributed by atoms with Crippen LogP contribution >= 0.6 is 0 Å². The van der Waals surface area contributed by atoms with Gasteiger partial charge in [-0.1, -0.05) is 30.3 Å². The van der Waals surface area contributed by atoms with Crippen molar-refractivity contribution in [2.24, 2.45) is 0 Å². The van der Waals surface area contributed by atoms with Crippen molar-refractivity contribution in [3.8, 4) is 11.3 Å². The lowest BCUT2D eigenvalue weighted by Crippen LogP contribution is -2.52. The Morgan fingerprint density at radius 1 is 1.20 bits per heavy atom. The van der Waals surface area contributed by atoms with Crippen LogP contribution in [0.4, 0.5) is 5.82 Å². The van der Waals surface area contributed by atoms with Gasteiger partial charge in [0.05, 0.1) is 5.69 Å². The molecule has 0 unspecified atom stereocenters. The number of likely N-dealkylation sites (N-methyl/N-ethyl adjacent to an activating group) is 1. The molecule has 1 fully saturated rings. The molecule has 1 aromatic heterocycles. The van der Waals surface area contributed by atoms with Crippen LogP contribution in [0.5, 0.6) is 0 Å². The molecule has 1 atom stereocenters. The maximum atomic E-state index is 11.7. The number of nitrogens with zero attached hydrogens (tertiary/aromatic N) is 3. The monoisotopic (exact) mass is 341 g/mol. The molecular formula is C19H23N3O3. The zero-order valence-electron chi connectivity index (χ0n) is 14.3. The van der Waals surface area contributed by atoms with Crippen LogP contribution in [0, 0.1) is 0 Å². The van der Waals surface area contributed by atoms with Gasteiger partial charge in [0.2, 0.25) is 0 Å². The predicted molar refractivity (Wildman–Crippen MR) is 97.0 cm³/mol. The molecule has 2 N–H and O–H groups in total. The Balaban J connectivity index is 1.96. The second-order valence-corrected chi connectivity index (χ2v) is 6.33. The van der Waals surface area contributed by atoms with Gasteiger partial charge in [0, 0.05) is 37.8 Å². The first-order chi connectivity index (χ1) is 12.1. The molecule has 0 amide bonds. The van der Waals surface area contributed by atoms with E-state index < -0.39 is 5.97 Å². The minimum Gasteiger partial charge on any atom is -0.478 e. The number of carboxylic acids is 1. The van der Waals surface area contributed by atoms with Crippen molar-refractivity contribution >= 4 is 11.8 Å². The number of carbonyl (C=O) groups is 1. The molecule has 25 heavy (non-hydrogen) atoms. The third-order valence-corrected chi connectivity index (χ3v) is 4.71.